The van der Waals surface area contributed by atoms with Crippen LogP contribution in [0.15, 0.2) is 48.5 Å². The highest BCUT2D eigenvalue weighted by atomic mass is 16.5. The van der Waals surface area contributed by atoms with Gasteiger partial charge in [-0.15, -0.1) is 0 Å². The Balaban J connectivity index is 1.70. The van der Waals surface area contributed by atoms with Crippen LogP contribution in [-0.4, -0.2) is 17.8 Å². The van der Waals surface area contributed by atoms with E-state index in [-0.39, 0.29) is 12.1 Å². The fourth-order valence-corrected chi connectivity index (χ4v) is 3.31. The molecule has 2 aromatic rings. The van der Waals surface area contributed by atoms with Crippen molar-refractivity contribution < 1.29 is 9.84 Å². The van der Waals surface area contributed by atoms with Crippen molar-refractivity contribution in [3.8, 4) is 0 Å². The Labute approximate surface area is 138 Å². The monoisotopic (exact) mass is 311 g/mol. The smallest absolute Gasteiger partial charge is 0.0847 e. The first-order chi connectivity index (χ1) is 11.1. The molecule has 1 aliphatic heterocycles. The SMILES string of the molecule is CC(CC1OCCc2ccccc21)Nc1ccccc1[C@H](C)O. The number of aliphatic hydroxyl groups excluding tert-OH is 1. The molecule has 0 saturated heterocycles. The van der Waals surface area contributed by atoms with E-state index in [0.29, 0.717) is 0 Å². The lowest BCUT2D eigenvalue weighted by Crippen LogP contribution is -2.24. The van der Waals surface area contributed by atoms with Gasteiger partial charge in [0.2, 0.25) is 0 Å². The second-order valence-electron chi connectivity index (χ2n) is 6.35. The molecular formula is C20H25NO2. The summed E-state index contributed by atoms with van der Waals surface area (Å²) >= 11 is 0. The molecule has 2 N–H and O–H groups in total. The van der Waals surface area contributed by atoms with Crippen LogP contribution >= 0.6 is 0 Å². The predicted octanol–water partition coefficient (Wildman–Crippen LogP) is 4.24. The molecule has 0 bridgehead atoms. The minimum absolute atomic E-state index is 0.140. The Kier molecular flexibility index (Phi) is 4.99. The van der Waals surface area contributed by atoms with Gasteiger partial charge in [0.1, 0.15) is 0 Å². The summed E-state index contributed by atoms with van der Waals surface area (Å²) in [6.45, 7) is 4.75. The summed E-state index contributed by atoms with van der Waals surface area (Å²) < 4.78 is 6.00. The first-order valence-electron chi connectivity index (χ1n) is 8.38. The molecule has 23 heavy (non-hydrogen) atoms. The number of hydrogen-bond acceptors (Lipinski definition) is 3. The highest BCUT2D eigenvalue weighted by Crippen LogP contribution is 2.31. The molecule has 2 aromatic carbocycles. The quantitative estimate of drug-likeness (QED) is 0.867. The molecule has 0 radical (unpaired) electrons. The predicted molar refractivity (Wildman–Crippen MR) is 93.6 cm³/mol. The standard InChI is InChI=1S/C20H25NO2/c1-14(21-19-10-6-5-8-17(19)15(2)22)13-20-18-9-4-3-7-16(18)11-12-23-20/h3-10,14-15,20-22H,11-13H2,1-2H3/t14?,15-,20?/m0/s1. The van der Waals surface area contributed by atoms with Crippen LogP contribution in [0.3, 0.4) is 0 Å². The molecule has 122 valence electrons. The molecular weight excluding hydrogens is 286 g/mol. The van der Waals surface area contributed by atoms with Gasteiger partial charge in [-0.3, -0.25) is 0 Å². The normalized spacial score (nSPS) is 19.7. The van der Waals surface area contributed by atoms with Crippen LogP contribution in [0.1, 0.15) is 49.2 Å². The van der Waals surface area contributed by atoms with Crippen LogP contribution in [0.25, 0.3) is 0 Å². The number of fused-ring (bicyclic) bond motifs is 1. The van der Waals surface area contributed by atoms with Crippen LogP contribution in [0.4, 0.5) is 5.69 Å². The molecule has 3 rings (SSSR count). The van der Waals surface area contributed by atoms with Crippen molar-refractivity contribution in [1.29, 1.82) is 0 Å². The molecule has 2 unspecified atom stereocenters. The summed E-state index contributed by atoms with van der Waals surface area (Å²) in [5.41, 5.74) is 4.65. The fraction of sp³-hybridized carbons (Fsp3) is 0.400. The van der Waals surface area contributed by atoms with E-state index < -0.39 is 6.10 Å². The van der Waals surface area contributed by atoms with E-state index in [4.69, 9.17) is 4.74 Å². The van der Waals surface area contributed by atoms with E-state index >= 15 is 0 Å². The molecule has 3 atom stereocenters. The number of anilines is 1. The van der Waals surface area contributed by atoms with E-state index in [1.54, 1.807) is 6.92 Å². The van der Waals surface area contributed by atoms with Crippen molar-refractivity contribution in [2.24, 2.45) is 0 Å². The van der Waals surface area contributed by atoms with Crippen molar-refractivity contribution in [2.75, 3.05) is 11.9 Å². The highest BCUT2D eigenvalue weighted by molar-refractivity contribution is 5.52. The second kappa shape index (κ2) is 7.16. The Bertz CT molecular complexity index is 654. The summed E-state index contributed by atoms with van der Waals surface area (Å²) in [6, 6.07) is 16.8. The average molecular weight is 311 g/mol. The first kappa shape index (κ1) is 16.0. The van der Waals surface area contributed by atoms with Gasteiger partial charge in [-0.05, 0) is 43.9 Å². The van der Waals surface area contributed by atoms with Crippen molar-refractivity contribution in [3.63, 3.8) is 0 Å². The number of ether oxygens (including phenoxy) is 1. The van der Waals surface area contributed by atoms with Gasteiger partial charge < -0.3 is 15.2 Å². The molecule has 0 aliphatic carbocycles. The summed E-state index contributed by atoms with van der Waals surface area (Å²) in [7, 11) is 0. The molecule has 0 spiro atoms. The third kappa shape index (κ3) is 3.74. The highest BCUT2D eigenvalue weighted by Gasteiger charge is 2.22. The maximum absolute atomic E-state index is 9.90. The average Bonchev–Trinajstić information content (AvgIpc) is 2.55. The summed E-state index contributed by atoms with van der Waals surface area (Å²) in [6.07, 6.45) is 1.57. The number of para-hydroxylation sites is 1. The maximum Gasteiger partial charge on any atom is 0.0847 e. The maximum atomic E-state index is 9.90. The number of rotatable bonds is 5. The van der Waals surface area contributed by atoms with Gasteiger partial charge in [0.15, 0.2) is 0 Å². The number of hydrogen-bond donors (Lipinski definition) is 2. The Hall–Kier alpha value is -1.84. The Morgan fingerprint density at radius 1 is 1.13 bits per heavy atom. The lowest BCUT2D eigenvalue weighted by Gasteiger charge is -2.29. The fourth-order valence-electron chi connectivity index (χ4n) is 3.31. The van der Waals surface area contributed by atoms with Gasteiger partial charge in [0, 0.05) is 17.3 Å². The van der Waals surface area contributed by atoms with Gasteiger partial charge in [0.25, 0.3) is 0 Å². The van der Waals surface area contributed by atoms with Crippen molar-refractivity contribution in [2.45, 2.75) is 44.9 Å². The van der Waals surface area contributed by atoms with E-state index in [0.717, 1.165) is 30.7 Å². The topological polar surface area (TPSA) is 41.5 Å². The zero-order chi connectivity index (χ0) is 16.2. The zero-order valence-electron chi connectivity index (χ0n) is 13.8. The van der Waals surface area contributed by atoms with Crippen LogP contribution in [0, 0.1) is 0 Å². The van der Waals surface area contributed by atoms with Crippen molar-refractivity contribution >= 4 is 5.69 Å². The van der Waals surface area contributed by atoms with E-state index in [1.807, 2.05) is 24.3 Å². The lowest BCUT2D eigenvalue weighted by molar-refractivity contribution is 0.0343. The first-order valence-corrected chi connectivity index (χ1v) is 8.38. The van der Waals surface area contributed by atoms with Crippen LogP contribution < -0.4 is 5.32 Å². The van der Waals surface area contributed by atoms with Crippen LogP contribution in [0.2, 0.25) is 0 Å². The Morgan fingerprint density at radius 2 is 1.87 bits per heavy atom. The minimum atomic E-state index is -0.474. The Morgan fingerprint density at radius 3 is 2.70 bits per heavy atom. The molecule has 3 nitrogen and oxygen atoms in total. The summed E-state index contributed by atoms with van der Waals surface area (Å²) in [5.74, 6) is 0. The molecule has 1 heterocycles. The molecule has 0 saturated carbocycles. The molecule has 1 aliphatic rings. The van der Waals surface area contributed by atoms with Crippen LogP contribution in [0.5, 0.6) is 0 Å². The van der Waals surface area contributed by atoms with Crippen LogP contribution in [-0.2, 0) is 11.2 Å². The van der Waals surface area contributed by atoms with Gasteiger partial charge in [-0.25, -0.2) is 0 Å². The number of aliphatic hydroxyl groups is 1. The van der Waals surface area contributed by atoms with Gasteiger partial charge in [-0.1, -0.05) is 42.5 Å². The summed E-state index contributed by atoms with van der Waals surface area (Å²) in [5, 5.41) is 13.4. The van der Waals surface area contributed by atoms with E-state index in [2.05, 4.69) is 36.5 Å². The van der Waals surface area contributed by atoms with E-state index in [9.17, 15) is 5.11 Å². The third-order valence-corrected chi connectivity index (χ3v) is 4.47. The molecule has 0 amide bonds. The molecule has 0 aromatic heterocycles. The lowest BCUT2D eigenvalue weighted by atomic mass is 9.94. The van der Waals surface area contributed by atoms with Gasteiger partial charge in [0.05, 0.1) is 18.8 Å². The largest absolute Gasteiger partial charge is 0.389 e. The molecule has 3 heteroatoms. The number of nitrogens with one attached hydrogen (secondary N) is 1. The van der Waals surface area contributed by atoms with Crippen molar-refractivity contribution in [1.82, 2.24) is 0 Å². The van der Waals surface area contributed by atoms with Gasteiger partial charge in [-0.2, -0.15) is 0 Å². The summed E-state index contributed by atoms with van der Waals surface area (Å²) in [4.78, 5) is 0. The van der Waals surface area contributed by atoms with E-state index in [1.165, 1.54) is 11.1 Å². The van der Waals surface area contributed by atoms with Crippen molar-refractivity contribution in [3.05, 3.63) is 65.2 Å². The minimum Gasteiger partial charge on any atom is -0.389 e. The number of benzene rings is 2. The zero-order valence-corrected chi connectivity index (χ0v) is 13.8. The van der Waals surface area contributed by atoms with Gasteiger partial charge >= 0.3 is 0 Å². The molecule has 0 fully saturated rings. The third-order valence-electron chi connectivity index (χ3n) is 4.47. The second-order valence-corrected chi connectivity index (χ2v) is 6.35.